The molecule has 0 radical (unpaired) electrons. The number of hydrogen-bond donors (Lipinski definition) is 2. The van der Waals surface area contributed by atoms with Crippen molar-refractivity contribution in [3.63, 3.8) is 0 Å². The molecule has 2 N–H and O–H groups in total. The van der Waals surface area contributed by atoms with E-state index < -0.39 is 0 Å². The van der Waals surface area contributed by atoms with Crippen molar-refractivity contribution in [3.05, 3.63) is 15.6 Å². The van der Waals surface area contributed by atoms with E-state index in [4.69, 9.17) is 10.1 Å². The molecule has 4 heteroatoms. The summed E-state index contributed by atoms with van der Waals surface area (Å²) in [6.07, 6.45) is 6.96. The Morgan fingerprint density at radius 2 is 2.30 bits per heavy atom. The van der Waals surface area contributed by atoms with Gasteiger partial charge in [0.15, 0.2) is 0 Å². The first-order valence-electron chi connectivity index (χ1n) is 8.02. The van der Waals surface area contributed by atoms with E-state index in [9.17, 15) is 0 Å². The quantitative estimate of drug-likeness (QED) is 0.774. The predicted molar refractivity (Wildman–Crippen MR) is 85.1 cm³/mol. The molecular formula is C16H28N2OS. The van der Waals surface area contributed by atoms with Crippen LogP contribution in [0.25, 0.3) is 0 Å². The fourth-order valence-corrected chi connectivity index (χ4v) is 4.24. The predicted octanol–water partition coefficient (Wildman–Crippen LogP) is 3.16. The fourth-order valence-electron chi connectivity index (χ4n) is 2.99. The van der Waals surface area contributed by atoms with Gasteiger partial charge in [-0.2, -0.15) is 0 Å². The minimum atomic E-state index is 0.301. The SMILES string of the molecule is CCCC(CCO)CNCc1nc2c(s1)CC(C)CC2. The van der Waals surface area contributed by atoms with Crippen LogP contribution in [0.5, 0.6) is 0 Å². The van der Waals surface area contributed by atoms with Crippen LogP contribution in [0.4, 0.5) is 0 Å². The molecule has 0 saturated carbocycles. The van der Waals surface area contributed by atoms with E-state index in [1.807, 2.05) is 11.3 Å². The lowest BCUT2D eigenvalue weighted by Gasteiger charge is -2.15. The van der Waals surface area contributed by atoms with Gasteiger partial charge in [0.1, 0.15) is 5.01 Å². The maximum absolute atomic E-state index is 9.08. The van der Waals surface area contributed by atoms with Gasteiger partial charge in [-0.15, -0.1) is 11.3 Å². The Balaban J connectivity index is 1.79. The molecule has 20 heavy (non-hydrogen) atoms. The molecule has 2 atom stereocenters. The third kappa shape index (κ3) is 4.54. The molecule has 1 aliphatic rings. The van der Waals surface area contributed by atoms with E-state index in [2.05, 4.69) is 19.2 Å². The topological polar surface area (TPSA) is 45.1 Å². The Morgan fingerprint density at radius 1 is 1.45 bits per heavy atom. The molecule has 1 aromatic rings. The normalized spacial score (nSPS) is 19.9. The molecule has 0 aliphatic heterocycles. The standard InChI is InChI=1S/C16H28N2OS/c1-3-4-13(7-8-19)10-17-11-16-18-14-6-5-12(2)9-15(14)20-16/h12-13,17,19H,3-11H2,1-2H3. The van der Waals surface area contributed by atoms with Crippen LogP contribution in [0.15, 0.2) is 0 Å². The van der Waals surface area contributed by atoms with Gasteiger partial charge in [-0.05, 0) is 50.5 Å². The average molecular weight is 296 g/mol. The number of aryl methyl sites for hydroxylation is 1. The summed E-state index contributed by atoms with van der Waals surface area (Å²) >= 11 is 1.89. The molecule has 0 spiro atoms. The second-order valence-electron chi connectivity index (χ2n) is 6.12. The number of hydrogen-bond acceptors (Lipinski definition) is 4. The van der Waals surface area contributed by atoms with Gasteiger partial charge in [-0.3, -0.25) is 0 Å². The summed E-state index contributed by atoms with van der Waals surface area (Å²) in [5, 5.41) is 13.8. The van der Waals surface area contributed by atoms with Crippen molar-refractivity contribution in [1.82, 2.24) is 10.3 Å². The maximum Gasteiger partial charge on any atom is 0.107 e. The van der Waals surface area contributed by atoms with Crippen molar-refractivity contribution in [1.29, 1.82) is 0 Å². The van der Waals surface area contributed by atoms with Crippen LogP contribution in [0.3, 0.4) is 0 Å². The third-order valence-electron chi connectivity index (χ3n) is 4.17. The van der Waals surface area contributed by atoms with Gasteiger partial charge >= 0.3 is 0 Å². The zero-order valence-electron chi connectivity index (χ0n) is 12.8. The summed E-state index contributed by atoms with van der Waals surface area (Å²) in [6, 6.07) is 0. The minimum absolute atomic E-state index is 0.301. The molecule has 0 bridgehead atoms. The van der Waals surface area contributed by atoms with Crippen molar-refractivity contribution in [2.45, 2.75) is 58.9 Å². The van der Waals surface area contributed by atoms with Gasteiger partial charge in [0.25, 0.3) is 0 Å². The van der Waals surface area contributed by atoms with Crippen molar-refractivity contribution >= 4 is 11.3 Å². The zero-order valence-corrected chi connectivity index (χ0v) is 13.6. The number of nitrogens with zero attached hydrogens (tertiary/aromatic N) is 1. The van der Waals surface area contributed by atoms with Gasteiger partial charge in [0.2, 0.25) is 0 Å². The lowest BCUT2D eigenvalue weighted by Crippen LogP contribution is -2.23. The number of aromatic nitrogens is 1. The number of aliphatic hydroxyl groups excluding tert-OH is 1. The van der Waals surface area contributed by atoms with E-state index in [0.29, 0.717) is 12.5 Å². The van der Waals surface area contributed by atoms with Gasteiger partial charge in [-0.25, -0.2) is 4.98 Å². The highest BCUT2D eigenvalue weighted by Gasteiger charge is 2.19. The second kappa shape index (κ2) is 8.11. The molecular weight excluding hydrogens is 268 g/mol. The summed E-state index contributed by atoms with van der Waals surface area (Å²) in [7, 11) is 0. The lowest BCUT2D eigenvalue weighted by molar-refractivity contribution is 0.248. The van der Waals surface area contributed by atoms with Crippen LogP contribution in [-0.2, 0) is 19.4 Å². The number of aliphatic hydroxyl groups is 1. The largest absolute Gasteiger partial charge is 0.396 e. The van der Waals surface area contributed by atoms with Crippen molar-refractivity contribution < 1.29 is 5.11 Å². The molecule has 2 rings (SSSR count). The number of thiazole rings is 1. The van der Waals surface area contributed by atoms with Crippen LogP contribution in [-0.4, -0.2) is 23.2 Å². The van der Waals surface area contributed by atoms with Crippen LogP contribution in [0, 0.1) is 11.8 Å². The van der Waals surface area contributed by atoms with E-state index in [1.165, 1.54) is 41.3 Å². The summed E-state index contributed by atoms with van der Waals surface area (Å²) in [5.74, 6) is 1.42. The summed E-state index contributed by atoms with van der Waals surface area (Å²) in [4.78, 5) is 6.30. The smallest absolute Gasteiger partial charge is 0.107 e. The molecule has 3 nitrogen and oxygen atoms in total. The van der Waals surface area contributed by atoms with E-state index in [1.54, 1.807) is 0 Å². The average Bonchev–Trinajstić information content (AvgIpc) is 2.81. The van der Waals surface area contributed by atoms with E-state index in [0.717, 1.165) is 31.8 Å². The van der Waals surface area contributed by atoms with Crippen molar-refractivity contribution in [3.8, 4) is 0 Å². The van der Waals surface area contributed by atoms with E-state index >= 15 is 0 Å². The molecule has 2 unspecified atom stereocenters. The Morgan fingerprint density at radius 3 is 3.05 bits per heavy atom. The number of rotatable bonds is 8. The second-order valence-corrected chi connectivity index (χ2v) is 7.29. The van der Waals surface area contributed by atoms with Crippen LogP contribution in [0.1, 0.15) is 55.1 Å². The highest BCUT2D eigenvalue weighted by molar-refractivity contribution is 7.11. The highest BCUT2D eigenvalue weighted by Crippen LogP contribution is 2.29. The third-order valence-corrected chi connectivity index (χ3v) is 5.29. The van der Waals surface area contributed by atoms with Crippen LogP contribution >= 0.6 is 11.3 Å². The number of nitrogens with one attached hydrogen (secondary N) is 1. The van der Waals surface area contributed by atoms with Gasteiger partial charge in [0, 0.05) is 18.0 Å². The first-order valence-corrected chi connectivity index (χ1v) is 8.83. The van der Waals surface area contributed by atoms with Gasteiger partial charge in [-0.1, -0.05) is 20.3 Å². The summed E-state index contributed by atoms with van der Waals surface area (Å²) < 4.78 is 0. The fraction of sp³-hybridized carbons (Fsp3) is 0.812. The monoisotopic (exact) mass is 296 g/mol. The molecule has 1 aromatic heterocycles. The number of fused-ring (bicyclic) bond motifs is 1. The molecule has 0 aromatic carbocycles. The van der Waals surface area contributed by atoms with Gasteiger partial charge in [0.05, 0.1) is 5.69 Å². The van der Waals surface area contributed by atoms with E-state index in [-0.39, 0.29) is 0 Å². The molecule has 0 saturated heterocycles. The lowest BCUT2D eigenvalue weighted by atomic mass is 9.93. The Hall–Kier alpha value is -0.450. The first kappa shape index (κ1) is 15.9. The summed E-state index contributed by atoms with van der Waals surface area (Å²) in [6.45, 7) is 6.73. The molecule has 1 aliphatic carbocycles. The Labute approximate surface area is 126 Å². The van der Waals surface area contributed by atoms with Crippen LogP contribution in [0.2, 0.25) is 0 Å². The van der Waals surface area contributed by atoms with Crippen molar-refractivity contribution in [2.75, 3.05) is 13.2 Å². The molecule has 0 amide bonds. The van der Waals surface area contributed by atoms with Crippen molar-refractivity contribution in [2.24, 2.45) is 11.8 Å². The molecule has 114 valence electrons. The minimum Gasteiger partial charge on any atom is -0.396 e. The Kier molecular flexibility index (Phi) is 6.46. The summed E-state index contributed by atoms with van der Waals surface area (Å²) in [5.41, 5.74) is 1.35. The zero-order chi connectivity index (χ0) is 14.4. The van der Waals surface area contributed by atoms with Gasteiger partial charge < -0.3 is 10.4 Å². The molecule has 0 fully saturated rings. The van der Waals surface area contributed by atoms with Crippen LogP contribution < -0.4 is 5.32 Å². The highest BCUT2D eigenvalue weighted by atomic mass is 32.1. The molecule has 1 heterocycles. The Bertz CT molecular complexity index is 399. The maximum atomic E-state index is 9.08. The first-order chi connectivity index (χ1) is 9.72.